The summed E-state index contributed by atoms with van der Waals surface area (Å²) in [6.45, 7) is 5.51. The molecule has 1 rings (SSSR count). The van der Waals surface area contributed by atoms with Crippen molar-refractivity contribution in [2.45, 2.75) is 19.9 Å². The Morgan fingerprint density at radius 3 is 2.83 bits per heavy atom. The van der Waals surface area contributed by atoms with E-state index in [1.165, 1.54) is 0 Å². The third-order valence-electron chi connectivity index (χ3n) is 2.41. The van der Waals surface area contributed by atoms with Crippen molar-refractivity contribution in [2.24, 2.45) is 0 Å². The minimum atomic E-state index is -0.0894. The Bertz CT molecular complexity index is 392. The maximum atomic E-state index is 12.1. The average molecular weight is 250 g/mol. The summed E-state index contributed by atoms with van der Waals surface area (Å²) in [5, 5.41) is 6.05. The van der Waals surface area contributed by atoms with Gasteiger partial charge in [-0.05, 0) is 40.1 Å². The molecule has 100 valence electrons. The van der Waals surface area contributed by atoms with E-state index < -0.39 is 0 Å². The molecule has 1 aromatic rings. The standard InChI is InChI=1S/C13H22N4O/c1-5-14-12-11(7-6-8-15-12)13(18)16-10(2)9-17(3)4/h6-8,10H,5,9H2,1-4H3,(H,14,15)(H,16,18). The van der Waals surface area contributed by atoms with Crippen LogP contribution in [0.5, 0.6) is 0 Å². The van der Waals surface area contributed by atoms with Gasteiger partial charge in [-0.25, -0.2) is 4.98 Å². The molecule has 0 aliphatic carbocycles. The number of pyridine rings is 1. The van der Waals surface area contributed by atoms with E-state index in [9.17, 15) is 4.79 Å². The Labute approximate surface area is 109 Å². The molecular formula is C13H22N4O. The summed E-state index contributed by atoms with van der Waals surface area (Å²) >= 11 is 0. The summed E-state index contributed by atoms with van der Waals surface area (Å²) in [5.74, 6) is 0.544. The predicted molar refractivity (Wildman–Crippen MR) is 73.9 cm³/mol. The van der Waals surface area contributed by atoms with Gasteiger partial charge in [-0.3, -0.25) is 4.79 Å². The number of nitrogens with one attached hydrogen (secondary N) is 2. The van der Waals surface area contributed by atoms with E-state index in [0.29, 0.717) is 11.4 Å². The lowest BCUT2D eigenvalue weighted by Crippen LogP contribution is -2.39. The van der Waals surface area contributed by atoms with Crippen molar-refractivity contribution in [1.82, 2.24) is 15.2 Å². The Morgan fingerprint density at radius 1 is 1.50 bits per heavy atom. The van der Waals surface area contributed by atoms with Crippen molar-refractivity contribution in [2.75, 3.05) is 32.5 Å². The van der Waals surface area contributed by atoms with Gasteiger partial charge in [0.1, 0.15) is 5.82 Å². The number of hydrogen-bond acceptors (Lipinski definition) is 4. The number of hydrogen-bond donors (Lipinski definition) is 2. The molecule has 0 aliphatic heterocycles. The van der Waals surface area contributed by atoms with Crippen LogP contribution in [0.3, 0.4) is 0 Å². The summed E-state index contributed by atoms with van der Waals surface area (Å²) < 4.78 is 0. The lowest BCUT2D eigenvalue weighted by Gasteiger charge is -2.19. The lowest BCUT2D eigenvalue weighted by atomic mass is 10.2. The van der Waals surface area contributed by atoms with E-state index >= 15 is 0 Å². The lowest BCUT2D eigenvalue weighted by molar-refractivity contribution is 0.0935. The fraction of sp³-hybridized carbons (Fsp3) is 0.538. The number of amides is 1. The van der Waals surface area contributed by atoms with Crippen molar-refractivity contribution in [3.8, 4) is 0 Å². The zero-order chi connectivity index (χ0) is 13.5. The van der Waals surface area contributed by atoms with E-state index in [1.54, 1.807) is 18.3 Å². The number of aromatic nitrogens is 1. The van der Waals surface area contributed by atoms with Gasteiger partial charge < -0.3 is 15.5 Å². The van der Waals surface area contributed by atoms with E-state index in [2.05, 4.69) is 15.6 Å². The number of anilines is 1. The van der Waals surface area contributed by atoms with Gasteiger partial charge in [0.15, 0.2) is 0 Å². The summed E-state index contributed by atoms with van der Waals surface area (Å²) in [6, 6.07) is 3.65. The average Bonchev–Trinajstić information content (AvgIpc) is 2.28. The Balaban J connectivity index is 2.71. The Kier molecular flexibility index (Phi) is 5.58. The van der Waals surface area contributed by atoms with Crippen LogP contribution < -0.4 is 10.6 Å². The minimum Gasteiger partial charge on any atom is -0.370 e. The van der Waals surface area contributed by atoms with Gasteiger partial charge in [0.25, 0.3) is 5.91 Å². The highest BCUT2D eigenvalue weighted by Crippen LogP contribution is 2.11. The number of carbonyl (C=O) groups excluding carboxylic acids is 1. The number of rotatable bonds is 6. The van der Waals surface area contributed by atoms with Crippen LogP contribution in [0, 0.1) is 0 Å². The zero-order valence-corrected chi connectivity index (χ0v) is 11.5. The van der Waals surface area contributed by atoms with Gasteiger partial charge in [-0.2, -0.15) is 0 Å². The van der Waals surface area contributed by atoms with Gasteiger partial charge in [0, 0.05) is 25.3 Å². The van der Waals surface area contributed by atoms with Crippen molar-refractivity contribution in [1.29, 1.82) is 0 Å². The molecule has 1 amide bonds. The van der Waals surface area contributed by atoms with Gasteiger partial charge in [0.2, 0.25) is 0 Å². The fourth-order valence-corrected chi connectivity index (χ4v) is 1.79. The number of nitrogens with zero attached hydrogens (tertiary/aromatic N) is 2. The molecule has 1 heterocycles. The topological polar surface area (TPSA) is 57.3 Å². The maximum absolute atomic E-state index is 12.1. The molecule has 0 spiro atoms. The second-order valence-corrected chi connectivity index (χ2v) is 4.57. The minimum absolute atomic E-state index is 0.0894. The van der Waals surface area contributed by atoms with E-state index in [-0.39, 0.29) is 11.9 Å². The van der Waals surface area contributed by atoms with Crippen molar-refractivity contribution >= 4 is 11.7 Å². The molecule has 2 N–H and O–H groups in total. The van der Waals surface area contributed by atoms with Crippen LogP contribution in [0.1, 0.15) is 24.2 Å². The molecule has 0 aliphatic rings. The largest absolute Gasteiger partial charge is 0.370 e. The summed E-state index contributed by atoms with van der Waals surface area (Å²) in [5.41, 5.74) is 0.588. The smallest absolute Gasteiger partial charge is 0.255 e. The zero-order valence-electron chi connectivity index (χ0n) is 11.5. The van der Waals surface area contributed by atoms with Crippen LogP contribution in [0.4, 0.5) is 5.82 Å². The molecule has 1 unspecified atom stereocenters. The highest BCUT2D eigenvalue weighted by Gasteiger charge is 2.14. The molecule has 1 atom stereocenters. The normalized spacial score (nSPS) is 12.3. The molecule has 0 saturated carbocycles. The van der Waals surface area contributed by atoms with Crippen molar-refractivity contribution in [3.05, 3.63) is 23.9 Å². The molecule has 0 fully saturated rings. The molecule has 5 heteroatoms. The van der Waals surface area contributed by atoms with Crippen LogP contribution in [0.2, 0.25) is 0 Å². The third kappa shape index (κ3) is 4.33. The number of likely N-dealkylation sites (N-methyl/N-ethyl adjacent to an activating group) is 1. The first-order valence-corrected chi connectivity index (χ1v) is 6.19. The van der Waals surface area contributed by atoms with Gasteiger partial charge in [0.05, 0.1) is 5.56 Å². The monoisotopic (exact) mass is 250 g/mol. The van der Waals surface area contributed by atoms with Crippen LogP contribution in [-0.4, -0.2) is 49.0 Å². The van der Waals surface area contributed by atoms with E-state index in [0.717, 1.165) is 13.1 Å². The summed E-state index contributed by atoms with van der Waals surface area (Å²) in [6.07, 6.45) is 1.68. The van der Waals surface area contributed by atoms with Crippen LogP contribution >= 0.6 is 0 Å². The first-order valence-electron chi connectivity index (χ1n) is 6.19. The molecule has 0 saturated heterocycles. The molecule has 0 aromatic carbocycles. The second-order valence-electron chi connectivity index (χ2n) is 4.57. The summed E-state index contributed by atoms with van der Waals surface area (Å²) in [4.78, 5) is 18.3. The van der Waals surface area contributed by atoms with E-state index in [1.807, 2.05) is 32.8 Å². The molecule has 0 bridgehead atoms. The third-order valence-corrected chi connectivity index (χ3v) is 2.41. The van der Waals surface area contributed by atoms with E-state index in [4.69, 9.17) is 0 Å². The summed E-state index contributed by atoms with van der Waals surface area (Å²) in [7, 11) is 3.97. The highest BCUT2D eigenvalue weighted by atomic mass is 16.1. The Hall–Kier alpha value is -1.62. The van der Waals surface area contributed by atoms with Crippen molar-refractivity contribution in [3.63, 3.8) is 0 Å². The van der Waals surface area contributed by atoms with Crippen LogP contribution in [-0.2, 0) is 0 Å². The number of carbonyl (C=O) groups is 1. The highest BCUT2D eigenvalue weighted by molar-refractivity contribution is 5.98. The SMILES string of the molecule is CCNc1ncccc1C(=O)NC(C)CN(C)C. The van der Waals surface area contributed by atoms with Crippen molar-refractivity contribution < 1.29 is 4.79 Å². The first kappa shape index (κ1) is 14.4. The molecule has 1 aromatic heterocycles. The quantitative estimate of drug-likeness (QED) is 0.796. The maximum Gasteiger partial charge on any atom is 0.255 e. The molecular weight excluding hydrogens is 228 g/mol. The molecule has 0 radical (unpaired) electrons. The Morgan fingerprint density at radius 2 is 2.22 bits per heavy atom. The molecule has 5 nitrogen and oxygen atoms in total. The van der Waals surface area contributed by atoms with Gasteiger partial charge >= 0.3 is 0 Å². The fourth-order valence-electron chi connectivity index (χ4n) is 1.79. The van der Waals surface area contributed by atoms with Crippen LogP contribution in [0.15, 0.2) is 18.3 Å². The second kappa shape index (κ2) is 6.96. The van der Waals surface area contributed by atoms with Gasteiger partial charge in [-0.1, -0.05) is 0 Å². The van der Waals surface area contributed by atoms with Gasteiger partial charge in [-0.15, -0.1) is 0 Å². The van der Waals surface area contributed by atoms with Crippen LogP contribution in [0.25, 0.3) is 0 Å². The first-order chi connectivity index (χ1) is 8.54. The predicted octanol–water partition coefficient (Wildman–Crippen LogP) is 1.19. The molecule has 18 heavy (non-hydrogen) atoms.